The molecule has 0 amide bonds. The van der Waals surface area contributed by atoms with Crippen LogP contribution in [-0.2, 0) is 0 Å². The third-order valence-electron chi connectivity index (χ3n) is 2.28. The number of aromatic hydroxyl groups is 3. The van der Waals surface area contributed by atoms with Crippen molar-refractivity contribution in [2.45, 2.75) is 6.04 Å². The van der Waals surface area contributed by atoms with Crippen molar-refractivity contribution in [3.05, 3.63) is 40.1 Å². The first kappa shape index (κ1) is 13.6. The summed E-state index contributed by atoms with van der Waals surface area (Å²) < 4.78 is 0. The summed E-state index contributed by atoms with van der Waals surface area (Å²) in [5, 5.41) is 30.3. The lowest BCUT2D eigenvalue weighted by atomic mass is 10.0. The molecule has 0 aliphatic heterocycles. The Morgan fingerprint density at radius 3 is 2.18 bits per heavy atom. The molecule has 6 heteroatoms. The molecule has 1 aromatic heterocycles. The topological polar surface area (TPSA) is 86.7 Å². The van der Waals surface area contributed by atoms with E-state index in [2.05, 4.69) is 0 Å². The normalized spacial score (nSPS) is 11.8. The van der Waals surface area contributed by atoms with E-state index in [0.29, 0.717) is 0 Å². The first-order chi connectivity index (χ1) is 7.59. The number of phenols is 3. The smallest absolute Gasteiger partial charge is 0.128 e. The monoisotopic (exact) mass is 273 g/mol. The molecule has 4 nitrogen and oxygen atoms in total. The maximum absolute atomic E-state index is 9.65. The van der Waals surface area contributed by atoms with Crippen molar-refractivity contribution in [2.75, 3.05) is 0 Å². The van der Waals surface area contributed by atoms with Crippen LogP contribution in [0.2, 0.25) is 0 Å². The summed E-state index contributed by atoms with van der Waals surface area (Å²) in [7, 11) is 0. The Labute approximate surface area is 108 Å². The van der Waals surface area contributed by atoms with Crippen molar-refractivity contribution < 1.29 is 15.3 Å². The third kappa shape index (κ3) is 2.63. The molecule has 0 spiro atoms. The summed E-state index contributed by atoms with van der Waals surface area (Å²) in [6.45, 7) is 0. The van der Waals surface area contributed by atoms with Crippen molar-refractivity contribution in [2.24, 2.45) is 5.73 Å². The molecule has 5 N–H and O–H groups in total. The highest BCUT2D eigenvalue weighted by atomic mass is 35.5. The quantitative estimate of drug-likeness (QED) is 0.676. The van der Waals surface area contributed by atoms with Crippen LogP contribution >= 0.6 is 23.7 Å². The second-order valence-electron chi connectivity index (χ2n) is 3.39. The lowest BCUT2D eigenvalue weighted by Crippen LogP contribution is -2.10. The predicted octanol–water partition coefficient (Wildman–Crippen LogP) is 2.33. The molecule has 0 bridgehead atoms. The van der Waals surface area contributed by atoms with E-state index in [-0.39, 0.29) is 35.2 Å². The van der Waals surface area contributed by atoms with Crippen LogP contribution in [-0.4, -0.2) is 15.3 Å². The Kier molecular flexibility index (Phi) is 4.22. The molecule has 2 aromatic rings. The Morgan fingerprint density at radius 1 is 1.12 bits per heavy atom. The van der Waals surface area contributed by atoms with Crippen LogP contribution < -0.4 is 5.73 Å². The molecular weight excluding hydrogens is 262 g/mol. The number of thiophene rings is 1. The van der Waals surface area contributed by atoms with Crippen LogP contribution in [0.5, 0.6) is 17.2 Å². The van der Waals surface area contributed by atoms with Crippen molar-refractivity contribution in [1.82, 2.24) is 0 Å². The van der Waals surface area contributed by atoms with E-state index in [1.807, 2.05) is 17.5 Å². The predicted molar refractivity (Wildman–Crippen MR) is 69.0 cm³/mol. The standard InChI is InChI=1S/C11H11NO3S.ClH/c12-11(9-2-1-3-16-9)10-7(14)4-6(13)5-8(10)15;/h1-5,11,13-15H,12H2;1H/t11-;/m1./s1. The highest BCUT2D eigenvalue weighted by Crippen LogP contribution is 2.38. The van der Waals surface area contributed by atoms with Crippen LogP contribution in [0.1, 0.15) is 16.5 Å². The molecule has 1 atom stereocenters. The summed E-state index contributed by atoms with van der Waals surface area (Å²) in [6.07, 6.45) is 0. The van der Waals surface area contributed by atoms with E-state index >= 15 is 0 Å². The molecule has 17 heavy (non-hydrogen) atoms. The van der Waals surface area contributed by atoms with Gasteiger partial charge in [0.05, 0.1) is 11.6 Å². The van der Waals surface area contributed by atoms with E-state index in [9.17, 15) is 15.3 Å². The Bertz CT molecular complexity index is 478. The van der Waals surface area contributed by atoms with Gasteiger partial charge >= 0.3 is 0 Å². The highest BCUT2D eigenvalue weighted by Gasteiger charge is 2.19. The zero-order valence-corrected chi connectivity index (χ0v) is 10.3. The van der Waals surface area contributed by atoms with Crippen LogP contribution in [0.4, 0.5) is 0 Å². The first-order valence-corrected chi connectivity index (χ1v) is 5.51. The fourth-order valence-electron chi connectivity index (χ4n) is 1.54. The summed E-state index contributed by atoms with van der Waals surface area (Å²) >= 11 is 1.44. The maximum atomic E-state index is 9.65. The van der Waals surface area contributed by atoms with E-state index in [1.165, 1.54) is 11.3 Å². The number of phenolic OH excluding ortho intramolecular Hbond substituents is 3. The number of benzene rings is 1. The van der Waals surface area contributed by atoms with Gasteiger partial charge in [-0.25, -0.2) is 0 Å². The van der Waals surface area contributed by atoms with Gasteiger partial charge in [-0.1, -0.05) is 6.07 Å². The van der Waals surface area contributed by atoms with Gasteiger partial charge in [0.15, 0.2) is 0 Å². The number of rotatable bonds is 2. The highest BCUT2D eigenvalue weighted by molar-refractivity contribution is 7.10. The van der Waals surface area contributed by atoms with Crippen LogP contribution in [0, 0.1) is 0 Å². The maximum Gasteiger partial charge on any atom is 0.128 e. The summed E-state index contributed by atoms with van der Waals surface area (Å²) in [6, 6.07) is 5.38. The van der Waals surface area contributed by atoms with E-state index < -0.39 is 6.04 Å². The summed E-state index contributed by atoms with van der Waals surface area (Å²) in [5.41, 5.74) is 6.14. The van der Waals surface area contributed by atoms with Crippen molar-refractivity contribution in [3.8, 4) is 17.2 Å². The van der Waals surface area contributed by atoms with Gasteiger partial charge in [-0.2, -0.15) is 0 Å². The average Bonchev–Trinajstić information content (AvgIpc) is 2.67. The molecule has 0 saturated carbocycles. The lowest BCUT2D eigenvalue weighted by Gasteiger charge is -2.14. The lowest BCUT2D eigenvalue weighted by molar-refractivity contribution is 0.416. The Hall–Kier alpha value is -1.43. The molecular formula is C11H12ClNO3S. The van der Waals surface area contributed by atoms with Gasteiger partial charge in [-0.05, 0) is 11.4 Å². The van der Waals surface area contributed by atoms with Crippen LogP contribution in [0.25, 0.3) is 0 Å². The van der Waals surface area contributed by atoms with E-state index in [1.54, 1.807) is 0 Å². The largest absolute Gasteiger partial charge is 0.508 e. The Balaban J connectivity index is 0.00000144. The fraction of sp³-hybridized carbons (Fsp3) is 0.0909. The molecule has 0 aliphatic rings. The molecule has 0 unspecified atom stereocenters. The SMILES string of the molecule is Cl.N[C@H](c1cccs1)c1c(O)cc(O)cc1O. The van der Waals surface area contributed by atoms with Gasteiger partial charge in [0.25, 0.3) is 0 Å². The molecule has 1 aromatic carbocycles. The first-order valence-electron chi connectivity index (χ1n) is 4.63. The van der Waals surface area contributed by atoms with Crippen LogP contribution in [0.15, 0.2) is 29.6 Å². The second kappa shape index (κ2) is 5.27. The van der Waals surface area contributed by atoms with Crippen LogP contribution in [0.3, 0.4) is 0 Å². The molecule has 2 rings (SSSR count). The Morgan fingerprint density at radius 2 is 1.71 bits per heavy atom. The molecule has 92 valence electrons. The average molecular weight is 274 g/mol. The molecule has 0 aliphatic carbocycles. The fourth-order valence-corrected chi connectivity index (χ4v) is 2.27. The number of halogens is 1. The molecule has 0 radical (unpaired) electrons. The van der Waals surface area contributed by atoms with Gasteiger partial charge in [0, 0.05) is 17.0 Å². The van der Waals surface area contributed by atoms with Crippen molar-refractivity contribution in [3.63, 3.8) is 0 Å². The van der Waals surface area contributed by atoms with Gasteiger partial charge in [0.2, 0.25) is 0 Å². The third-order valence-corrected chi connectivity index (χ3v) is 3.24. The van der Waals surface area contributed by atoms with Gasteiger partial charge in [-0.15, -0.1) is 23.7 Å². The minimum Gasteiger partial charge on any atom is -0.508 e. The van der Waals surface area contributed by atoms with Crippen molar-refractivity contribution >= 4 is 23.7 Å². The minimum atomic E-state index is -0.597. The number of hydrogen-bond donors (Lipinski definition) is 4. The zero-order chi connectivity index (χ0) is 11.7. The number of nitrogens with two attached hydrogens (primary N) is 1. The van der Waals surface area contributed by atoms with Crippen molar-refractivity contribution in [1.29, 1.82) is 0 Å². The second-order valence-corrected chi connectivity index (χ2v) is 4.37. The summed E-state index contributed by atoms with van der Waals surface area (Å²) in [4.78, 5) is 0.830. The van der Waals surface area contributed by atoms with Gasteiger partial charge < -0.3 is 21.1 Å². The van der Waals surface area contributed by atoms with E-state index in [0.717, 1.165) is 17.0 Å². The number of hydrogen-bond acceptors (Lipinski definition) is 5. The van der Waals surface area contributed by atoms with Gasteiger partial charge in [0.1, 0.15) is 17.2 Å². The molecule has 0 fully saturated rings. The molecule has 0 saturated heterocycles. The minimum absolute atomic E-state index is 0. The summed E-state index contributed by atoms with van der Waals surface area (Å²) in [5.74, 6) is -0.617. The van der Waals surface area contributed by atoms with Gasteiger partial charge in [-0.3, -0.25) is 0 Å². The zero-order valence-electron chi connectivity index (χ0n) is 8.70. The molecule has 1 heterocycles. The van der Waals surface area contributed by atoms with E-state index in [4.69, 9.17) is 5.73 Å².